The fourth-order valence-electron chi connectivity index (χ4n) is 1.78. The van der Waals surface area contributed by atoms with Crippen LogP contribution in [-0.2, 0) is 0 Å². The molecule has 0 saturated heterocycles. The lowest BCUT2D eigenvalue weighted by Gasteiger charge is -2.14. The van der Waals surface area contributed by atoms with Crippen molar-refractivity contribution in [2.24, 2.45) is 0 Å². The van der Waals surface area contributed by atoms with Gasteiger partial charge in [0.15, 0.2) is 5.78 Å². The van der Waals surface area contributed by atoms with Crippen molar-refractivity contribution in [2.45, 2.75) is 19.9 Å². The number of benzene rings is 1. The Balaban J connectivity index is 2.20. The number of rotatable bonds is 4. The van der Waals surface area contributed by atoms with Crippen LogP contribution in [0, 0.1) is 0 Å². The molecule has 0 spiro atoms. The molecule has 0 aliphatic carbocycles. The molecule has 94 valence electrons. The third kappa shape index (κ3) is 2.51. The number of hydrogen-bond acceptors (Lipinski definition) is 4. The van der Waals surface area contributed by atoms with Crippen LogP contribution in [0.25, 0.3) is 0 Å². The second-order valence-electron chi connectivity index (χ2n) is 4.26. The average molecular weight is 244 g/mol. The van der Waals surface area contributed by atoms with Gasteiger partial charge in [-0.25, -0.2) is 0 Å². The zero-order valence-electron chi connectivity index (χ0n) is 10.4. The van der Waals surface area contributed by atoms with Gasteiger partial charge < -0.3 is 11.1 Å². The molecule has 0 bridgehead atoms. The van der Waals surface area contributed by atoms with Crippen molar-refractivity contribution in [1.82, 2.24) is 10.2 Å². The van der Waals surface area contributed by atoms with Gasteiger partial charge in [0.1, 0.15) is 0 Å². The standard InChI is InChI=1S/C13H16N4O/c1-8(10-6-15-16-7-10)17-11-3-4-13(14)12(5-11)9(2)18/h3-8,17H,14H2,1-2H3,(H,15,16). The van der Waals surface area contributed by atoms with E-state index in [4.69, 9.17) is 5.73 Å². The third-order valence-electron chi connectivity index (χ3n) is 2.84. The lowest BCUT2D eigenvalue weighted by atomic mass is 10.1. The molecule has 4 N–H and O–H groups in total. The van der Waals surface area contributed by atoms with Gasteiger partial charge in [-0.2, -0.15) is 5.10 Å². The average Bonchev–Trinajstić information content (AvgIpc) is 2.85. The predicted octanol–water partition coefficient (Wildman–Crippen LogP) is 2.37. The van der Waals surface area contributed by atoms with E-state index in [9.17, 15) is 4.79 Å². The lowest BCUT2D eigenvalue weighted by molar-refractivity contribution is 0.101. The minimum Gasteiger partial charge on any atom is -0.398 e. The number of nitrogens with zero attached hydrogens (tertiary/aromatic N) is 1. The number of carbonyl (C=O) groups is 1. The van der Waals surface area contributed by atoms with Crippen LogP contribution in [0.5, 0.6) is 0 Å². The van der Waals surface area contributed by atoms with Crippen molar-refractivity contribution < 1.29 is 4.79 Å². The number of aromatic amines is 1. The highest BCUT2D eigenvalue weighted by atomic mass is 16.1. The molecule has 1 heterocycles. The number of nitrogen functional groups attached to an aromatic ring is 1. The summed E-state index contributed by atoms with van der Waals surface area (Å²) in [4.78, 5) is 11.4. The van der Waals surface area contributed by atoms with Gasteiger partial charge in [-0.1, -0.05) is 0 Å². The van der Waals surface area contributed by atoms with Crippen LogP contribution in [0.4, 0.5) is 11.4 Å². The van der Waals surface area contributed by atoms with Crippen molar-refractivity contribution in [1.29, 1.82) is 0 Å². The largest absolute Gasteiger partial charge is 0.398 e. The number of H-pyrrole nitrogens is 1. The first-order valence-electron chi connectivity index (χ1n) is 5.73. The van der Waals surface area contributed by atoms with Crippen LogP contribution in [-0.4, -0.2) is 16.0 Å². The van der Waals surface area contributed by atoms with Crippen LogP contribution in [0.15, 0.2) is 30.6 Å². The van der Waals surface area contributed by atoms with E-state index in [2.05, 4.69) is 15.5 Å². The van der Waals surface area contributed by atoms with E-state index in [1.165, 1.54) is 6.92 Å². The number of nitrogens with one attached hydrogen (secondary N) is 2. The predicted molar refractivity (Wildman–Crippen MR) is 71.5 cm³/mol. The van der Waals surface area contributed by atoms with E-state index in [1.807, 2.05) is 19.2 Å². The maximum Gasteiger partial charge on any atom is 0.161 e. The number of carbonyl (C=O) groups excluding carboxylic acids is 1. The van der Waals surface area contributed by atoms with Crippen molar-refractivity contribution >= 4 is 17.2 Å². The fourth-order valence-corrected chi connectivity index (χ4v) is 1.78. The molecule has 0 amide bonds. The monoisotopic (exact) mass is 244 g/mol. The molecule has 5 nitrogen and oxygen atoms in total. The highest BCUT2D eigenvalue weighted by Crippen LogP contribution is 2.22. The van der Waals surface area contributed by atoms with Crippen LogP contribution < -0.4 is 11.1 Å². The van der Waals surface area contributed by atoms with Crippen molar-refractivity contribution in [3.8, 4) is 0 Å². The molecule has 2 aromatic rings. The summed E-state index contributed by atoms with van der Waals surface area (Å²) in [7, 11) is 0. The van der Waals surface area contributed by atoms with E-state index < -0.39 is 0 Å². The van der Waals surface area contributed by atoms with Gasteiger partial charge in [-0.05, 0) is 32.0 Å². The Labute approximate surface area is 105 Å². The van der Waals surface area contributed by atoms with Crippen LogP contribution in [0.2, 0.25) is 0 Å². The Morgan fingerprint density at radius 1 is 1.50 bits per heavy atom. The van der Waals surface area contributed by atoms with Crippen LogP contribution in [0.3, 0.4) is 0 Å². The zero-order chi connectivity index (χ0) is 13.1. The maximum atomic E-state index is 11.4. The first-order chi connectivity index (χ1) is 8.58. The minimum atomic E-state index is -0.0351. The summed E-state index contributed by atoms with van der Waals surface area (Å²) in [5, 5.41) is 9.98. The van der Waals surface area contributed by atoms with Crippen molar-refractivity contribution in [3.05, 3.63) is 41.7 Å². The Hall–Kier alpha value is -2.30. The number of hydrogen-bond donors (Lipinski definition) is 3. The van der Waals surface area contributed by atoms with Gasteiger partial charge in [0.2, 0.25) is 0 Å². The Kier molecular flexibility index (Phi) is 3.32. The molecule has 1 aromatic heterocycles. The molecule has 1 atom stereocenters. The topological polar surface area (TPSA) is 83.8 Å². The molecular formula is C13H16N4O. The van der Waals surface area contributed by atoms with Crippen LogP contribution >= 0.6 is 0 Å². The van der Waals surface area contributed by atoms with E-state index in [-0.39, 0.29) is 11.8 Å². The third-order valence-corrected chi connectivity index (χ3v) is 2.84. The smallest absolute Gasteiger partial charge is 0.161 e. The SMILES string of the molecule is CC(=O)c1cc(NC(C)c2cn[nH]c2)ccc1N. The molecular weight excluding hydrogens is 228 g/mol. The van der Waals surface area contributed by atoms with E-state index >= 15 is 0 Å². The summed E-state index contributed by atoms with van der Waals surface area (Å²) in [6.07, 6.45) is 3.60. The number of ketones is 1. The van der Waals surface area contributed by atoms with Gasteiger partial charge in [-0.15, -0.1) is 0 Å². The van der Waals surface area contributed by atoms with Gasteiger partial charge in [0.25, 0.3) is 0 Å². The van der Waals surface area contributed by atoms with Gasteiger partial charge in [0.05, 0.1) is 12.2 Å². The quantitative estimate of drug-likeness (QED) is 0.569. The Bertz CT molecular complexity index is 548. The molecule has 0 saturated carbocycles. The Morgan fingerprint density at radius 3 is 2.89 bits per heavy atom. The molecule has 0 fully saturated rings. The van der Waals surface area contributed by atoms with E-state index in [0.29, 0.717) is 11.3 Å². The Morgan fingerprint density at radius 2 is 2.28 bits per heavy atom. The highest BCUT2D eigenvalue weighted by molar-refractivity contribution is 6.00. The van der Waals surface area contributed by atoms with Crippen molar-refractivity contribution in [3.63, 3.8) is 0 Å². The van der Waals surface area contributed by atoms with E-state index in [1.54, 1.807) is 18.3 Å². The highest BCUT2D eigenvalue weighted by Gasteiger charge is 2.09. The summed E-state index contributed by atoms with van der Waals surface area (Å²) >= 11 is 0. The number of anilines is 2. The normalized spacial score (nSPS) is 12.1. The second kappa shape index (κ2) is 4.91. The van der Waals surface area contributed by atoms with Gasteiger partial charge in [0, 0.05) is 28.7 Å². The fraction of sp³-hybridized carbons (Fsp3) is 0.231. The molecule has 0 aliphatic heterocycles. The number of aromatic nitrogens is 2. The molecule has 1 unspecified atom stereocenters. The summed E-state index contributed by atoms with van der Waals surface area (Å²) in [6.45, 7) is 3.53. The van der Waals surface area contributed by atoms with Gasteiger partial charge in [-0.3, -0.25) is 9.89 Å². The summed E-state index contributed by atoms with van der Waals surface area (Å²) in [6, 6.07) is 5.47. The summed E-state index contributed by atoms with van der Waals surface area (Å²) in [5.41, 5.74) is 8.71. The van der Waals surface area contributed by atoms with E-state index in [0.717, 1.165) is 11.3 Å². The maximum absolute atomic E-state index is 11.4. The lowest BCUT2D eigenvalue weighted by Crippen LogP contribution is -2.07. The molecule has 0 radical (unpaired) electrons. The number of Topliss-reactive ketones (excluding diaryl/α,β-unsaturated/α-hetero) is 1. The minimum absolute atomic E-state index is 0.0351. The zero-order valence-corrected chi connectivity index (χ0v) is 10.4. The molecule has 5 heteroatoms. The van der Waals surface area contributed by atoms with Crippen LogP contribution in [0.1, 0.15) is 35.8 Å². The van der Waals surface area contributed by atoms with Gasteiger partial charge >= 0.3 is 0 Å². The molecule has 2 rings (SSSR count). The molecule has 1 aromatic carbocycles. The second-order valence-corrected chi connectivity index (χ2v) is 4.26. The first-order valence-corrected chi connectivity index (χ1v) is 5.73. The summed E-state index contributed by atoms with van der Waals surface area (Å²) < 4.78 is 0. The molecule has 0 aliphatic rings. The first kappa shape index (κ1) is 12.2. The summed E-state index contributed by atoms with van der Waals surface area (Å²) in [5.74, 6) is -0.0351. The van der Waals surface area contributed by atoms with Crippen molar-refractivity contribution in [2.75, 3.05) is 11.1 Å². The molecule has 18 heavy (non-hydrogen) atoms. The number of nitrogens with two attached hydrogens (primary N) is 1.